The van der Waals surface area contributed by atoms with Crippen molar-refractivity contribution < 1.29 is 19.8 Å². The number of hydrogen-bond donors (Lipinski definition) is 3. The number of fused-ring (bicyclic) bond motifs is 1. The number of rotatable bonds is 4. The van der Waals surface area contributed by atoms with Crippen molar-refractivity contribution in [3.05, 3.63) is 58.4 Å². The molecule has 1 aromatic carbocycles. The number of nitrogens with zero attached hydrogens (tertiary/aromatic N) is 3. The standard InChI is InChI=1S/C18H18N4O4/c1-3-11-13-15(10-7-5-4-6-8-10)19-9-12(14(17(23)24)18(25)26)20-16(13)22(2)21-11/h4-8,20H,3,9H2,1-2H3,(H,23,24)(H,25,26). The van der Waals surface area contributed by atoms with Gasteiger partial charge in [0.2, 0.25) is 0 Å². The van der Waals surface area contributed by atoms with Gasteiger partial charge in [0.1, 0.15) is 5.82 Å². The maximum Gasteiger partial charge on any atom is 0.345 e. The van der Waals surface area contributed by atoms with Gasteiger partial charge < -0.3 is 15.5 Å². The molecule has 0 bridgehead atoms. The zero-order valence-corrected chi connectivity index (χ0v) is 14.4. The van der Waals surface area contributed by atoms with Gasteiger partial charge in [0.15, 0.2) is 5.57 Å². The maximum atomic E-state index is 11.4. The highest BCUT2D eigenvalue weighted by molar-refractivity contribution is 6.18. The molecule has 0 aliphatic carbocycles. The molecule has 2 heterocycles. The van der Waals surface area contributed by atoms with E-state index in [9.17, 15) is 19.8 Å². The summed E-state index contributed by atoms with van der Waals surface area (Å²) < 4.78 is 1.58. The normalized spacial score (nSPS) is 13.3. The SMILES string of the molecule is CCc1nn(C)c2c1C(c1ccccc1)=NCC(=C(C(=O)O)C(=O)O)N2. The van der Waals surface area contributed by atoms with Crippen LogP contribution >= 0.6 is 0 Å². The first-order chi connectivity index (χ1) is 12.4. The Hall–Kier alpha value is -3.42. The number of benzene rings is 1. The molecule has 0 saturated carbocycles. The number of anilines is 1. The predicted octanol–water partition coefficient (Wildman–Crippen LogP) is 1.67. The first kappa shape index (κ1) is 17.4. The van der Waals surface area contributed by atoms with Crippen molar-refractivity contribution >= 4 is 23.5 Å². The number of aliphatic carboxylic acids is 2. The monoisotopic (exact) mass is 354 g/mol. The van der Waals surface area contributed by atoms with Gasteiger partial charge in [-0.25, -0.2) is 9.59 Å². The molecule has 2 aromatic rings. The largest absolute Gasteiger partial charge is 0.477 e. The van der Waals surface area contributed by atoms with Gasteiger partial charge in [0.25, 0.3) is 0 Å². The molecule has 3 rings (SSSR count). The molecular formula is C18H18N4O4. The fourth-order valence-electron chi connectivity index (χ4n) is 2.96. The Labute approximate surface area is 149 Å². The van der Waals surface area contributed by atoms with Crippen LogP contribution in [0.4, 0.5) is 5.82 Å². The average Bonchev–Trinajstić information content (AvgIpc) is 2.79. The minimum Gasteiger partial charge on any atom is -0.477 e. The Balaban J connectivity index is 2.28. The van der Waals surface area contributed by atoms with Gasteiger partial charge in [-0.05, 0) is 6.42 Å². The molecule has 26 heavy (non-hydrogen) atoms. The van der Waals surface area contributed by atoms with Crippen LogP contribution in [0.5, 0.6) is 0 Å². The number of aliphatic imine (C=N–C) groups is 1. The zero-order valence-electron chi connectivity index (χ0n) is 14.4. The molecule has 1 aromatic heterocycles. The third kappa shape index (κ3) is 2.97. The molecule has 0 unspecified atom stereocenters. The molecular weight excluding hydrogens is 336 g/mol. The van der Waals surface area contributed by atoms with Gasteiger partial charge in [-0.3, -0.25) is 9.67 Å². The third-order valence-electron chi connectivity index (χ3n) is 4.13. The topological polar surface area (TPSA) is 117 Å². The lowest BCUT2D eigenvalue weighted by Gasteiger charge is -2.10. The van der Waals surface area contributed by atoms with Crippen molar-refractivity contribution in [1.82, 2.24) is 9.78 Å². The quantitative estimate of drug-likeness (QED) is 0.437. The number of carboxylic acid groups (broad SMARTS) is 2. The second-order valence-corrected chi connectivity index (χ2v) is 5.77. The Bertz CT molecular complexity index is 926. The van der Waals surface area contributed by atoms with Crippen molar-refractivity contribution in [3.63, 3.8) is 0 Å². The second kappa shape index (κ2) is 6.83. The van der Waals surface area contributed by atoms with E-state index >= 15 is 0 Å². The summed E-state index contributed by atoms with van der Waals surface area (Å²) in [6.45, 7) is 1.88. The summed E-state index contributed by atoms with van der Waals surface area (Å²) in [7, 11) is 1.72. The van der Waals surface area contributed by atoms with Crippen LogP contribution in [0.25, 0.3) is 0 Å². The van der Waals surface area contributed by atoms with Crippen molar-refractivity contribution in [2.45, 2.75) is 13.3 Å². The third-order valence-corrected chi connectivity index (χ3v) is 4.13. The summed E-state index contributed by atoms with van der Waals surface area (Å²) in [5.74, 6) is -2.51. The minimum atomic E-state index is -1.52. The molecule has 0 spiro atoms. The highest BCUT2D eigenvalue weighted by Gasteiger charge is 2.29. The van der Waals surface area contributed by atoms with Gasteiger partial charge >= 0.3 is 11.9 Å². The van der Waals surface area contributed by atoms with Crippen LogP contribution in [0.3, 0.4) is 0 Å². The van der Waals surface area contributed by atoms with Crippen LogP contribution < -0.4 is 5.32 Å². The van der Waals surface area contributed by atoms with Crippen LogP contribution in [0.15, 0.2) is 46.6 Å². The maximum absolute atomic E-state index is 11.4. The Morgan fingerprint density at radius 3 is 2.42 bits per heavy atom. The Morgan fingerprint density at radius 2 is 1.85 bits per heavy atom. The fraction of sp³-hybridized carbons (Fsp3) is 0.222. The number of aromatic nitrogens is 2. The van der Waals surface area contributed by atoms with Crippen LogP contribution in [-0.4, -0.2) is 44.2 Å². The zero-order chi connectivity index (χ0) is 18.8. The lowest BCUT2D eigenvalue weighted by atomic mass is 10.0. The molecule has 0 atom stereocenters. The fourth-order valence-corrected chi connectivity index (χ4v) is 2.96. The molecule has 1 aliphatic heterocycles. The number of aryl methyl sites for hydroxylation is 2. The van der Waals surface area contributed by atoms with Crippen LogP contribution in [0.1, 0.15) is 23.7 Å². The molecule has 1 aliphatic rings. The molecule has 3 N–H and O–H groups in total. The van der Waals surface area contributed by atoms with E-state index in [2.05, 4.69) is 15.4 Å². The van der Waals surface area contributed by atoms with Gasteiger partial charge in [0.05, 0.1) is 29.2 Å². The summed E-state index contributed by atoms with van der Waals surface area (Å²) in [6.07, 6.45) is 0.653. The van der Waals surface area contributed by atoms with Crippen LogP contribution in [0.2, 0.25) is 0 Å². The number of nitrogens with one attached hydrogen (secondary N) is 1. The first-order valence-corrected chi connectivity index (χ1v) is 8.06. The molecule has 134 valence electrons. The van der Waals surface area contributed by atoms with Gasteiger partial charge in [-0.15, -0.1) is 0 Å². The molecule has 8 nitrogen and oxygen atoms in total. The van der Waals surface area contributed by atoms with Crippen LogP contribution in [-0.2, 0) is 23.1 Å². The molecule has 0 saturated heterocycles. The van der Waals surface area contributed by atoms with Crippen molar-refractivity contribution in [3.8, 4) is 0 Å². The summed E-state index contributed by atoms with van der Waals surface area (Å²) in [6, 6.07) is 9.46. The van der Waals surface area contributed by atoms with Gasteiger partial charge in [0, 0.05) is 12.6 Å². The summed E-state index contributed by atoms with van der Waals surface area (Å²) >= 11 is 0. The summed E-state index contributed by atoms with van der Waals surface area (Å²) in [5.41, 5.74) is 2.35. The Kier molecular flexibility index (Phi) is 4.57. The van der Waals surface area contributed by atoms with Gasteiger partial charge in [-0.1, -0.05) is 37.3 Å². The van der Waals surface area contributed by atoms with Crippen molar-refractivity contribution in [2.75, 3.05) is 11.9 Å². The highest BCUT2D eigenvalue weighted by atomic mass is 16.4. The number of carboxylic acids is 2. The summed E-state index contributed by atoms with van der Waals surface area (Å²) in [5, 5.41) is 26.0. The molecule has 8 heteroatoms. The van der Waals surface area contributed by atoms with Crippen LogP contribution in [0, 0.1) is 0 Å². The lowest BCUT2D eigenvalue weighted by molar-refractivity contribution is -0.140. The smallest absolute Gasteiger partial charge is 0.345 e. The number of carbonyl (C=O) groups is 2. The van der Waals surface area contributed by atoms with Crippen molar-refractivity contribution in [2.24, 2.45) is 12.0 Å². The minimum absolute atomic E-state index is 0.0165. The lowest BCUT2D eigenvalue weighted by Crippen LogP contribution is -2.20. The Morgan fingerprint density at radius 1 is 1.19 bits per heavy atom. The van der Waals surface area contributed by atoms with E-state index in [1.54, 1.807) is 11.7 Å². The second-order valence-electron chi connectivity index (χ2n) is 5.77. The van der Waals surface area contributed by atoms with E-state index < -0.39 is 17.5 Å². The summed E-state index contributed by atoms with van der Waals surface area (Å²) in [4.78, 5) is 27.4. The van der Waals surface area contributed by atoms with Crippen molar-refractivity contribution in [1.29, 1.82) is 0 Å². The molecule has 0 radical (unpaired) electrons. The van der Waals surface area contributed by atoms with E-state index in [4.69, 9.17) is 0 Å². The first-order valence-electron chi connectivity index (χ1n) is 8.06. The average molecular weight is 354 g/mol. The number of hydrogen-bond acceptors (Lipinski definition) is 5. The van der Waals surface area contributed by atoms with E-state index in [-0.39, 0.29) is 12.2 Å². The van der Waals surface area contributed by atoms with E-state index in [0.717, 1.165) is 16.8 Å². The molecule has 0 amide bonds. The highest BCUT2D eigenvalue weighted by Crippen LogP contribution is 2.29. The predicted molar refractivity (Wildman–Crippen MR) is 95.5 cm³/mol. The van der Waals surface area contributed by atoms with E-state index in [0.29, 0.717) is 18.0 Å². The molecule has 0 fully saturated rings. The van der Waals surface area contributed by atoms with E-state index in [1.165, 1.54) is 0 Å². The van der Waals surface area contributed by atoms with Gasteiger partial charge in [-0.2, -0.15) is 5.10 Å². The van der Waals surface area contributed by atoms with E-state index in [1.807, 2.05) is 37.3 Å².